The third-order valence-electron chi connectivity index (χ3n) is 4.21. The largest absolute Gasteiger partial charge is 0.497 e. The van der Waals surface area contributed by atoms with Crippen molar-refractivity contribution in [3.05, 3.63) is 90.0 Å². The maximum absolute atomic E-state index is 5.44. The zero-order valence-corrected chi connectivity index (χ0v) is 14.8. The van der Waals surface area contributed by atoms with E-state index in [1.54, 1.807) is 7.11 Å². The molecule has 25 heavy (non-hydrogen) atoms. The average Bonchev–Trinajstić information content (AvgIpc) is 3.05. The Labute approximate surface area is 151 Å². The quantitative estimate of drug-likeness (QED) is 0.399. The first-order valence-electron chi connectivity index (χ1n) is 8.24. The van der Waals surface area contributed by atoms with Gasteiger partial charge >= 0.3 is 0 Å². The van der Waals surface area contributed by atoms with E-state index in [4.69, 9.17) is 4.74 Å². The predicted molar refractivity (Wildman–Crippen MR) is 109 cm³/mol. The maximum atomic E-state index is 5.44. The highest BCUT2D eigenvalue weighted by Gasteiger charge is 2.12. The third-order valence-corrected chi connectivity index (χ3v) is 5.45. The molecule has 0 amide bonds. The minimum Gasteiger partial charge on any atom is -0.497 e. The van der Waals surface area contributed by atoms with E-state index in [2.05, 4.69) is 78.9 Å². The van der Waals surface area contributed by atoms with Crippen molar-refractivity contribution in [1.82, 2.24) is 0 Å². The summed E-state index contributed by atoms with van der Waals surface area (Å²) in [5.74, 6) is 0.888. The topological polar surface area (TPSA) is 9.23 Å². The molecule has 0 fully saturated rings. The summed E-state index contributed by atoms with van der Waals surface area (Å²) in [6, 6.07) is 27.3. The van der Waals surface area contributed by atoms with Crippen LogP contribution in [0.15, 0.2) is 78.9 Å². The normalized spacial score (nSPS) is 11.2. The summed E-state index contributed by atoms with van der Waals surface area (Å²) in [5, 5.41) is 1.23. The second-order valence-corrected chi connectivity index (χ2v) is 6.87. The van der Waals surface area contributed by atoms with Gasteiger partial charge in [0.2, 0.25) is 0 Å². The van der Waals surface area contributed by atoms with Gasteiger partial charge in [-0.2, -0.15) is 0 Å². The molecule has 122 valence electrons. The number of methoxy groups -OCH3 is 1. The molecule has 0 bridgehead atoms. The Morgan fingerprint density at radius 1 is 0.800 bits per heavy atom. The van der Waals surface area contributed by atoms with Crippen molar-refractivity contribution in [3.63, 3.8) is 0 Å². The van der Waals surface area contributed by atoms with Crippen LogP contribution in [0.2, 0.25) is 0 Å². The van der Waals surface area contributed by atoms with Gasteiger partial charge in [-0.05, 0) is 29.3 Å². The third kappa shape index (κ3) is 3.21. The molecule has 0 aliphatic heterocycles. The van der Waals surface area contributed by atoms with Gasteiger partial charge in [0.05, 0.1) is 7.11 Å². The van der Waals surface area contributed by atoms with Crippen LogP contribution in [0, 0.1) is 0 Å². The first-order valence-corrected chi connectivity index (χ1v) is 9.06. The molecule has 1 heterocycles. The van der Waals surface area contributed by atoms with Crippen LogP contribution in [0.25, 0.3) is 32.7 Å². The number of hydrogen-bond acceptors (Lipinski definition) is 2. The van der Waals surface area contributed by atoms with Crippen molar-refractivity contribution in [2.45, 2.75) is 0 Å². The Morgan fingerprint density at radius 3 is 2.24 bits per heavy atom. The lowest BCUT2D eigenvalue weighted by atomic mass is 10.0. The average molecular weight is 342 g/mol. The summed E-state index contributed by atoms with van der Waals surface area (Å²) >= 11 is 1.82. The van der Waals surface area contributed by atoms with Crippen molar-refractivity contribution < 1.29 is 4.74 Å². The number of thiophene rings is 1. The van der Waals surface area contributed by atoms with E-state index in [0.717, 1.165) is 5.75 Å². The molecule has 1 aromatic heterocycles. The van der Waals surface area contributed by atoms with Gasteiger partial charge in [0.15, 0.2) is 0 Å². The first-order chi connectivity index (χ1) is 12.3. The summed E-state index contributed by atoms with van der Waals surface area (Å²) in [5.41, 5.74) is 3.69. The van der Waals surface area contributed by atoms with Crippen molar-refractivity contribution in [2.24, 2.45) is 0 Å². The van der Waals surface area contributed by atoms with Gasteiger partial charge in [-0.25, -0.2) is 0 Å². The zero-order valence-electron chi connectivity index (χ0n) is 14.0. The van der Waals surface area contributed by atoms with Gasteiger partial charge in [-0.3, -0.25) is 0 Å². The summed E-state index contributed by atoms with van der Waals surface area (Å²) in [6.45, 7) is 0. The van der Waals surface area contributed by atoms with Crippen LogP contribution in [-0.2, 0) is 0 Å². The number of benzene rings is 3. The molecular formula is C23H18OS. The van der Waals surface area contributed by atoms with Crippen molar-refractivity contribution in [1.29, 1.82) is 0 Å². The number of hydrogen-bond donors (Lipinski definition) is 0. The van der Waals surface area contributed by atoms with E-state index in [9.17, 15) is 0 Å². The van der Waals surface area contributed by atoms with Crippen LogP contribution in [0.3, 0.4) is 0 Å². The van der Waals surface area contributed by atoms with Gasteiger partial charge in [-0.1, -0.05) is 72.8 Å². The molecule has 0 radical (unpaired) electrons. The summed E-state index contributed by atoms with van der Waals surface area (Å²) < 4.78 is 6.71. The second kappa shape index (κ2) is 6.96. The number of ether oxygens (including phenoxy) is 1. The Bertz CT molecular complexity index is 1010. The monoisotopic (exact) mass is 342 g/mol. The van der Waals surface area contributed by atoms with Gasteiger partial charge < -0.3 is 4.74 Å². The fourth-order valence-corrected chi connectivity index (χ4v) is 4.11. The first kappa shape index (κ1) is 15.7. The van der Waals surface area contributed by atoms with Crippen LogP contribution in [0.5, 0.6) is 5.75 Å². The van der Waals surface area contributed by atoms with Crippen molar-refractivity contribution >= 4 is 33.6 Å². The molecule has 0 N–H and O–H groups in total. The molecule has 0 spiro atoms. The highest BCUT2D eigenvalue weighted by molar-refractivity contribution is 7.22. The lowest BCUT2D eigenvalue weighted by Gasteiger charge is -2.02. The van der Waals surface area contributed by atoms with Crippen LogP contribution >= 0.6 is 11.3 Å². The minimum absolute atomic E-state index is 0.888. The zero-order chi connectivity index (χ0) is 17.1. The highest BCUT2D eigenvalue weighted by Crippen LogP contribution is 2.41. The van der Waals surface area contributed by atoms with Crippen LogP contribution in [0.4, 0.5) is 0 Å². The molecule has 3 aromatic carbocycles. The number of rotatable bonds is 4. The smallest absolute Gasteiger partial charge is 0.119 e. The summed E-state index contributed by atoms with van der Waals surface area (Å²) in [7, 11) is 1.71. The van der Waals surface area contributed by atoms with E-state index in [1.165, 1.54) is 31.7 Å². The van der Waals surface area contributed by atoms with Crippen LogP contribution in [0.1, 0.15) is 11.1 Å². The van der Waals surface area contributed by atoms with E-state index in [0.29, 0.717) is 0 Å². The summed E-state index contributed by atoms with van der Waals surface area (Å²) in [6.07, 6.45) is 4.39. The highest BCUT2D eigenvalue weighted by atomic mass is 32.1. The molecule has 1 nitrogen and oxygen atoms in total. The lowest BCUT2D eigenvalue weighted by molar-refractivity contribution is 0.415. The molecule has 0 aliphatic rings. The molecule has 0 atom stereocenters. The molecule has 0 aliphatic carbocycles. The Kier molecular flexibility index (Phi) is 4.36. The molecule has 0 unspecified atom stereocenters. The van der Waals surface area contributed by atoms with Crippen molar-refractivity contribution in [3.8, 4) is 16.2 Å². The standard InChI is InChI=1S/C23H18OS/c1-24-19-13-15-22-21(16-19)20(14-12-17-8-4-2-5-9-17)23(25-22)18-10-6-3-7-11-18/h2-16H,1H3. The Morgan fingerprint density at radius 2 is 1.52 bits per heavy atom. The lowest BCUT2D eigenvalue weighted by Crippen LogP contribution is -1.82. The van der Waals surface area contributed by atoms with Gasteiger partial charge in [0.1, 0.15) is 5.75 Å². The number of fused-ring (bicyclic) bond motifs is 1. The Balaban J connectivity index is 1.90. The molecule has 2 heteroatoms. The van der Waals surface area contributed by atoms with E-state index in [-0.39, 0.29) is 0 Å². The predicted octanol–water partition coefficient (Wildman–Crippen LogP) is 6.75. The van der Waals surface area contributed by atoms with E-state index < -0.39 is 0 Å². The van der Waals surface area contributed by atoms with Crippen LogP contribution in [-0.4, -0.2) is 7.11 Å². The van der Waals surface area contributed by atoms with Crippen LogP contribution < -0.4 is 4.74 Å². The van der Waals surface area contributed by atoms with Gasteiger partial charge in [0, 0.05) is 20.5 Å². The van der Waals surface area contributed by atoms with E-state index >= 15 is 0 Å². The maximum Gasteiger partial charge on any atom is 0.119 e. The SMILES string of the molecule is COc1ccc2sc(-c3ccccc3)c(C=Cc3ccccc3)c2c1. The minimum atomic E-state index is 0.888. The van der Waals surface area contributed by atoms with Crippen molar-refractivity contribution in [2.75, 3.05) is 7.11 Å². The molecule has 0 saturated carbocycles. The Hall–Kier alpha value is -2.84. The molecule has 4 rings (SSSR count). The molecular weight excluding hydrogens is 324 g/mol. The molecule has 0 saturated heterocycles. The fraction of sp³-hybridized carbons (Fsp3) is 0.0435. The van der Waals surface area contributed by atoms with Gasteiger partial charge in [0.25, 0.3) is 0 Å². The molecule has 4 aromatic rings. The summed E-state index contributed by atoms with van der Waals surface area (Å²) in [4.78, 5) is 1.29. The van der Waals surface area contributed by atoms with Gasteiger partial charge in [-0.15, -0.1) is 11.3 Å². The van der Waals surface area contributed by atoms with E-state index in [1.807, 2.05) is 23.5 Å². The second-order valence-electron chi connectivity index (χ2n) is 5.82. The fourth-order valence-electron chi connectivity index (χ4n) is 2.94.